The first-order chi connectivity index (χ1) is 44.7. The van der Waals surface area contributed by atoms with Crippen molar-refractivity contribution in [3.63, 3.8) is 0 Å². The fourth-order valence-corrected chi connectivity index (χ4v) is 15.3. The zero-order valence-corrected chi connectivity index (χ0v) is 48.3. The van der Waals surface area contributed by atoms with Crippen LogP contribution in [0.1, 0.15) is 11.1 Å². The Labute approximate surface area is 514 Å². The molecule has 0 saturated carbocycles. The van der Waals surface area contributed by atoms with E-state index in [1.807, 2.05) is 12.1 Å². The van der Waals surface area contributed by atoms with Gasteiger partial charge in [-0.25, -0.2) is 0 Å². The van der Waals surface area contributed by atoms with Crippen LogP contribution in [-0.2, 0) is 0 Å². The minimum absolute atomic E-state index is 0.372. The Kier molecular flexibility index (Phi) is 10.4. The molecule has 8 nitrogen and oxygen atoms in total. The van der Waals surface area contributed by atoms with Crippen LogP contribution >= 0.6 is 0 Å². The third-order valence-corrected chi connectivity index (χ3v) is 18.8. The summed E-state index contributed by atoms with van der Waals surface area (Å²) in [5, 5.41) is 34.8. The van der Waals surface area contributed by atoms with E-state index in [9.17, 15) is 10.5 Å². The van der Waals surface area contributed by atoms with Gasteiger partial charge in [-0.15, -0.1) is 0 Å². The molecule has 0 amide bonds. The van der Waals surface area contributed by atoms with E-state index < -0.39 is 0 Å². The van der Waals surface area contributed by atoms with Crippen LogP contribution in [0.4, 0.5) is 0 Å². The summed E-state index contributed by atoms with van der Waals surface area (Å²) in [5.41, 5.74) is 18.7. The van der Waals surface area contributed by atoms with Crippen LogP contribution in [0.2, 0.25) is 0 Å². The van der Waals surface area contributed by atoms with Crippen LogP contribution in [0.25, 0.3) is 165 Å². The van der Waals surface area contributed by atoms with Gasteiger partial charge in [-0.3, -0.25) is 9.13 Å². The highest BCUT2D eigenvalue weighted by Gasteiger charge is 2.38. The standard InChI is InChI=1S/C82H48N8/c83-49-51-46-52(50-84)48-53(47-51)75-77(86-65-36-14-4-26-55(65)56-27-5-15-37-66(56)86)79(88-69-40-18-8-30-59(69)60-31-9-19-41-70(60)88)81(90-74-45-23-13-35-64(74)76-63-34-12-22-44-73(63)85(82(76)90)54-24-2-1-3-25-54)80(89-71-42-20-10-32-61(71)62-33-11-21-43-72(62)89)78(75)87-67-38-16-6-28-57(67)58-29-7-17-39-68(58)87/h1-48H. The van der Waals surface area contributed by atoms with Gasteiger partial charge in [0, 0.05) is 70.5 Å². The normalized spacial score (nSPS) is 12.0. The highest BCUT2D eigenvalue weighted by atomic mass is 15.2. The van der Waals surface area contributed by atoms with Gasteiger partial charge in [-0.2, -0.15) is 10.5 Å². The average Bonchev–Trinajstić information content (AvgIpc) is 1.47. The molecule has 0 radical (unpaired) electrons. The number of hydrogen-bond acceptors (Lipinski definition) is 2. The van der Waals surface area contributed by atoms with E-state index in [0.29, 0.717) is 16.7 Å². The van der Waals surface area contributed by atoms with E-state index in [1.165, 1.54) is 0 Å². The Morgan fingerprint density at radius 2 is 0.467 bits per heavy atom. The molecule has 8 heteroatoms. The minimum atomic E-state index is 0.372. The Balaban J connectivity index is 1.24. The third-order valence-electron chi connectivity index (χ3n) is 18.8. The first kappa shape index (κ1) is 49.6. The van der Waals surface area contributed by atoms with Crippen molar-refractivity contribution in [1.29, 1.82) is 10.5 Å². The van der Waals surface area contributed by atoms with E-state index in [0.717, 1.165) is 160 Å². The summed E-state index contributed by atoms with van der Waals surface area (Å²) in [6.07, 6.45) is 0. The van der Waals surface area contributed by atoms with Gasteiger partial charge in [-0.05, 0) is 96.6 Å². The van der Waals surface area contributed by atoms with Crippen molar-refractivity contribution in [3.8, 4) is 57.4 Å². The second-order valence-electron chi connectivity index (χ2n) is 23.4. The maximum atomic E-state index is 11.4. The van der Waals surface area contributed by atoms with Gasteiger partial charge < -0.3 is 18.3 Å². The van der Waals surface area contributed by atoms with Crippen LogP contribution in [0.3, 0.4) is 0 Å². The quantitative estimate of drug-likeness (QED) is 0.159. The predicted molar refractivity (Wildman–Crippen MR) is 370 cm³/mol. The summed E-state index contributed by atoms with van der Waals surface area (Å²) in [5.74, 6) is 0. The molecule has 416 valence electrons. The lowest BCUT2D eigenvalue weighted by Gasteiger charge is -2.32. The van der Waals surface area contributed by atoms with E-state index in [2.05, 4.69) is 313 Å². The van der Waals surface area contributed by atoms with Gasteiger partial charge in [-0.1, -0.05) is 200 Å². The molecule has 0 aliphatic rings. The molecule has 0 saturated heterocycles. The lowest BCUT2D eigenvalue weighted by atomic mass is 9.93. The van der Waals surface area contributed by atoms with Crippen molar-refractivity contribution in [3.05, 3.63) is 302 Å². The minimum Gasteiger partial charge on any atom is -0.306 e. The molecule has 0 aliphatic carbocycles. The Morgan fingerprint density at radius 3 is 0.778 bits per heavy atom. The fourth-order valence-electron chi connectivity index (χ4n) is 15.3. The van der Waals surface area contributed by atoms with E-state index in [-0.39, 0.29) is 0 Å². The fraction of sp³-hybridized carbons (Fsp3) is 0. The molecule has 19 rings (SSSR count). The molecule has 13 aromatic carbocycles. The van der Waals surface area contributed by atoms with E-state index in [4.69, 9.17) is 0 Å². The largest absolute Gasteiger partial charge is 0.306 e. The average molecular weight is 1150 g/mol. The molecular formula is C82H48N8. The molecule has 19 aromatic rings. The van der Waals surface area contributed by atoms with Crippen LogP contribution in [0.5, 0.6) is 0 Å². The SMILES string of the molecule is N#Cc1cc(C#N)cc(-c2c(-n3c4ccccc4c4ccccc43)c(-n3c4ccccc4c4ccccc43)c(-n3c4ccccc4c4c5ccccc5n(-c5ccccc5)c43)c(-n3c4ccccc4c4ccccc43)c2-n2c3ccccc3c3ccccc32)c1. The molecule has 6 heterocycles. The lowest BCUT2D eigenvalue weighted by molar-refractivity contribution is 0.984. The molecule has 0 spiro atoms. The zero-order valence-electron chi connectivity index (χ0n) is 48.3. The number of nitrogens with zero attached hydrogens (tertiary/aromatic N) is 8. The van der Waals surface area contributed by atoms with Crippen molar-refractivity contribution in [2.24, 2.45) is 0 Å². The summed E-state index contributed by atoms with van der Waals surface area (Å²) in [4.78, 5) is 0. The predicted octanol–water partition coefficient (Wildman–Crippen LogP) is 20.5. The first-order valence-corrected chi connectivity index (χ1v) is 30.4. The maximum absolute atomic E-state index is 11.4. The molecule has 90 heavy (non-hydrogen) atoms. The summed E-state index contributed by atoms with van der Waals surface area (Å²) in [6, 6.07) is 110. The van der Waals surface area contributed by atoms with Gasteiger partial charge in [0.1, 0.15) is 11.3 Å². The molecule has 0 N–H and O–H groups in total. The molecule has 6 aromatic heterocycles. The van der Waals surface area contributed by atoms with Gasteiger partial charge in [0.25, 0.3) is 0 Å². The Bertz CT molecular complexity index is 5880. The number of nitriles is 2. The van der Waals surface area contributed by atoms with E-state index in [1.54, 1.807) is 6.07 Å². The van der Waals surface area contributed by atoms with Crippen LogP contribution < -0.4 is 0 Å². The molecule has 0 bridgehead atoms. The topological polar surface area (TPSA) is 77.2 Å². The maximum Gasteiger partial charge on any atom is 0.131 e. The summed E-state index contributed by atoms with van der Waals surface area (Å²) in [6.45, 7) is 0. The van der Waals surface area contributed by atoms with Crippen LogP contribution in [-0.4, -0.2) is 27.4 Å². The number of aromatic nitrogens is 6. The smallest absolute Gasteiger partial charge is 0.131 e. The molecule has 0 unspecified atom stereocenters. The number of benzene rings is 13. The number of hydrogen-bond donors (Lipinski definition) is 0. The van der Waals surface area contributed by atoms with Gasteiger partial charge in [0.15, 0.2) is 0 Å². The summed E-state index contributed by atoms with van der Waals surface area (Å²) in [7, 11) is 0. The monoisotopic (exact) mass is 1140 g/mol. The van der Waals surface area contributed by atoms with Crippen molar-refractivity contribution in [2.45, 2.75) is 0 Å². The second kappa shape index (κ2) is 18.9. The number of fused-ring (bicyclic) bond motifs is 17. The Morgan fingerprint density at radius 1 is 0.222 bits per heavy atom. The van der Waals surface area contributed by atoms with E-state index >= 15 is 0 Å². The third kappa shape index (κ3) is 6.71. The van der Waals surface area contributed by atoms with Gasteiger partial charge >= 0.3 is 0 Å². The Hall–Kier alpha value is -12.6. The van der Waals surface area contributed by atoms with Gasteiger partial charge in [0.05, 0.1) is 101 Å². The molecule has 0 fully saturated rings. The van der Waals surface area contributed by atoms with Gasteiger partial charge in [0.2, 0.25) is 0 Å². The van der Waals surface area contributed by atoms with Crippen molar-refractivity contribution >= 4 is 120 Å². The lowest BCUT2D eigenvalue weighted by Crippen LogP contribution is -2.19. The highest BCUT2D eigenvalue weighted by Crippen LogP contribution is 2.55. The molecule has 0 atom stereocenters. The van der Waals surface area contributed by atoms with Crippen molar-refractivity contribution in [2.75, 3.05) is 0 Å². The first-order valence-electron chi connectivity index (χ1n) is 30.4. The highest BCUT2D eigenvalue weighted by molar-refractivity contribution is 6.24. The van der Waals surface area contributed by atoms with Crippen molar-refractivity contribution < 1.29 is 0 Å². The molecular weight excluding hydrogens is 1100 g/mol. The molecule has 0 aliphatic heterocycles. The zero-order chi connectivity index (χ0) is 59.3. The second-order valence-corrected chi connectivity index (χ2v) is 23.4. The van der Waals surface area contributed by atoms with Crippen LogP contribution in [0.15, 0.2) is 291 Å². The number of rotatable bonds is 7. The van der Waals surface area contributed by atoms with Crippen molar-refractivity contribution in [1.82, 2.24) is 27.4 Å². The number of para-hydroxylation sites is 11. The summed E-state index contributed by atoms with van der Waals surface area (Å²) < 4.78 is 15.1. The van der Waals surface area contributed by atoms with Crippen LogP contribution in [0, 0.1) is 22.7 Å². The summed E-state index contributed by atoms with van der Waals surface area (Å²) >= 11 is 0.